The predicted molar refractivity (Wildman–Crippen MR) is 102 cm³/mol. The first-order valence-corrected chi connectivity index (χ1v) is 9.03. The summed E-state index contributed by atoms with van der Waals surface area (Å²) in [6.07, 6.45) is 3.81. The average molecular weight is 356 g/mol. The lowest BCUT2D eigenvalue weighted by Crippen LogP contribution is -2.45. The van der Waals surface area contributed by atoms with Gasteiger partial charge in [0.1, 0.15) is 5.75 Å². The van der Waals surface area contributed by atoms with Crippen molar-refractivity contribution in [2.24, 2.45) is 0 Å². The van der Waals surface area contributed by atoms with Crippen LogP contribution in [0.15, 0.2) is 24.5 Å². The molecule has 6 heteroatoms. The maximum atomic E-state index is 5.52. The minimum atomic E-state index is 0.662. The van der Waals surface area contributed by atoms with Crippen molar-refractivity contribution in [1.29, 1.82) is 0 Å². The zero-order chi connectivity index (χ0) is 18.5. The molecule has 3 rings (SSSR count). The van der Waals surface area contributed by atoms with Crippen LogP contribution in [0.2, 0.25) is 0 Å². The van der Waals surface area contributed by atoms with Crippen LogP contribution < -0.4 is 9.47 Å². The lowest BCUT2D eigenvalue weighted by molar-refractivity contribution is 0.120. The minimum absolute atomic E-state index is 0.662. The number of aromatic nitrogens is 2. The van der Waals surface area contributed by atoms with Gasteiger partial charge in [-0.25, -0.2) is 4.98 Å². The Bertz CT molecular complexity index is 725. The number of rotatable bonds is 6. The molecule has 0 saturated carbocycles. The van der Waals surface area contributed by atoms with E-state index in [0.717, 1.165) is 61.8 Å². The van der Waals surface area contributed by atoms with Crippen LogP contribution in [-0.4, -0.2) is 60.2 Å². The van der Waals surface area contributed by atoms with E-state index < -0.39 is 0 Å². The predicted octanol–water partition coefficient (Wildman–Crippen LogP) is 2.43. The van der Waals surface area contributed by atoms with E-state index in [2.05, 4.69) is 32.8 Å². The quantitative estimate of drug-likeness (QED) is 0.792. The largest absolute Gasteiger partial charge is 0.496 e. The lowest BCUT2D eigenvalue weighted by atomic mass is 10.1. The highest BCUT2D eigenvalue weighted by molar-refractivity contribution is 5.41. The van der Waals surface area contributed by atoms with Gasteiger partial charge in [-0.05, 0) is 19.4 Å². The smallest absolute Gasteiger partial charge is 0.212 e. The molecular weight excluding hydrogens is 328 g/mol. The van der Waals surface area contributed by atoms with Crippen molar-refractivity contribution in [3.63, 3.8) is 0 Å². The highest BCUT2D eigenvalue weighted by Gasteiger charge is 2.19. The number of piperazine rings is 1. The summed E-state index contributed by atoms with van der Waals surface area (Å²) in [7, 11) is 3.37. The van der Waals surface area contributed by atoms with Crippen molar-refractivity contribution in [1.82, 2.24) is 19.8 Å². The molecule has 0 N–H and O–H groups in total. The molecule has 0 amide bonds. The molecule has 0 aromatic carbocycles. The number of hydrogen-bond donors (Lipinski definition) is 0. The molecule has 140 valence electrons. The third kappa shape index (κ3) is 4.31. The maximum absolute atomic E-state index is 5.52. The molecule has 0 aliphatic carbocycles. The van der Waals surface area contributed by atoms with E-state index in [1.54, 1.807) is 14.2 Å². The normalized spacial score (nSPS) is 15.8. The summed E-state index contributed by atoms with van der Waals surface area (Å²) in [5, 5.41) is 0. The molecule has 3 heterocycles. The van der Waals surface area contributed by atoms with E-state index in [9.17, 15) is 0 Å². The third-order valence-corrected chi connectivity index (χ3v) is 5.00. The Morgan fingerprint density at radius 3 is 2.15 bits per heavy atom. The van der Waals surface area contributed by atoms with Crippen LogP contribution in [0.3, 0.4) is 0 Å². The van der Waals surface area contributed by atoms with Crippen LogP contribution in [0.25, 0.3) is 0 Å². The van der Waals surface area contributed by atoms with E-state index >= 15 is 0 Å². The average Bonchev–Trinajstić information content (AvgIpc) is 2.66. The molecule has 1 aliphatic rings. The van der Waals surface area contributed by atoms with Crippen LogP contribution >= 0.6 is 0 Å². The van der Waals surface area contributed by atoms with Gasteiger partial charge in [-0.1, -0.05) is 6.07 Å². The Morgan fingerprint density at radius 1 is 0.885 bits per heavy atom. The molecule has 1 aliphatic heterocycles. The molecule has 0 atom stereocenters. The van der Waals surface area contributed by atoms with E-state index in [0.29, 0.717) is 5.88 Å². The van der Waals surface area contributed by atoms with E-state index in [-0.39, 0.29) is 0 Å². The van der Waals surface area contributed by atoms with Gasteiger partial charge >= 0.3 is 0 Å². The molecule has 6 nitrogen and oxygen atoms in total. The number of nitrogens with zero attached hydrogens (tertiary/aromatic N) is 4. The van der Waals surface area contributed by atoms with Crippen molar-refractivity contribution in [2.45, 2.75) is 26.9 Å². The SMILES string of the molecule is COc1ccc(CN2CCN(Cc3ncc(C)c(OC)c3C)CC2)cn1. The van der Waals surface area contributed by atoms with Gasteiger partial charge in [0.15, 0.2) is 0 Å². The van der Waals surface area contributed by atoms with Gasteiger partial charge in [0.05, 0.1) is 19.9 Å². The molecule has 0 radical (unpaired) electrons. The fraction of sp³-hybridized carbons (Fsp3) is 0.500. The van der Waals surface area contributed by atoms with Crippen molar-refractivity contribution in [3.05, 3.63) is 46.9 Å². The second-order valence-electron chi connectivity index (χ2n) is 6.81. The Labute approximate surface area is 155 Å². The lowest BCUT2D eigenvalue weighted by Gasteiger charge is -2.34. The van der Waals surface area contributed by atoms with Gasteiger partial charge in [-0.2, -0.15) is 0 Å². The Morgan fingerprint density at radius 2 is 1.58 bits per heavy atom. The minimum Gasteiger partial charge on any atom is -0.496 e. The molecule has 0 bridgehead atoms. The van der Waals surface area contributed by atoms with Gasteiger partial charge < -0.3 is 9.47 Å². The van der Waals surface area contributed by atoms with Gasteiger partial charge in [-0.3, -0.25) is 14.8 Å². The standard InChI is InChI=1S/C20H28N4O2/c1-15-11-21-18(16(2)20(15)26-4)14-24-9-7-23(8-10-24)13-17-5-6-19(25-3)22-12-17/h5-6,11-12H,7-10,13-14H2,1-4H3. The van der Waals surface area contributed by atoms with E-state index in [1.165, 1.54) is 5.56 Å². The van der Waals surface area contributed by atoms with Crippen molar-refractivity contribution in [2.75, 3.05) is 40.4 Å². The van der Waals surface area contributed by atoms with Gasteiger partial charge in [-0.15, -0.1) is 0 Å². The molecule has 1 saturated heterocycles. The topological polar surface area (TPSA) is 50.7 Å². The second-order valence-corrected chi connectivity index (χ2v) is 6.81. The highest BCUT2D eigenvalue weighted by atomic mass is 16.5. The van der Waals surface area contributed by atoms with Crippen LogP contribution in [0.4, 0.5) is 0 Å². The highest BCUT2D eigenvalue weighted by Crippen LogP contribution is 2.25. The van der Waals surface area contributed by atoms with Gasteiger partial charge in [0.2, 0.25) is 5.88 Å². The summed E-state index contributed by atoms with van der Waals surface area (Å²) < 4.78 is 10.6. The Hall–Kier alpha value is -2.18. The van der Waals surface area contributed by atoms with Crippen LogP contribution in [0, 0.1) is 13.8 Å². The molecule has 2 aromatic rings. The van der Waals surface area contributed by atoms with Gasteiger partial charge in [0, 0.05) is 68.9 Å². The van der Waals surface area contributed by atoms with Crippen molar-refractivity contribution >= 4 is 0 Å². The first-order chi connectivity index (χ1) is 12.6. The molecule has 2 aromatic heterocycles. The summed E-state index contributed by atoms with van der Waals surface area (Å²) in [6, 6.07) is 4.01. The monoisotopic (exact) mass is 356 g/mol. The third-order valence-electron chi connectivity index (χ3n) is 5.00. The summed E-state index contributed by atoms with van der Waals surface area (Å²) in [5.41, 5.74) is 4.58. The summed E-state index contributed by atoms with van der Waals surface area (Å²) >= 11 is 0. The van der Waals surface area contributed by atoms with E-state index in [4.69, 9.17) is 9.47 Å². The van der Waals surface area contributed by atoms with E-state index in [1.807, 2.05) is 25.4 Å². The molecule has 0 spiro atoms. The van der Waals surface area contributed by atoms with Crippen LogP contribution in [0.5, 0.6) is 11.6 Å². The maximum Gasteiger partial charge on any atom is 0.212 e. The number of hydrogen-bond acceptors (Lipinski definition) is 6. The second kappa shape index (κ2) is 8.47. The zero-order valence-corrected chi connectivity index (χ0v) is 16.2. The molecule has 0 unspecified atom stereocenters. The molecule has 26 heavy (non-hydrogen) atoms. The van der Waals surface area contributed by atoms with Crippen LogP contribution in [0.1, 0.15) is 22.4 Å². The number of methoxy groups -OCH3 is 2. The number of aryl methyl sites for hydroxylation is 1. The Balaban J connectivity index is 1.54. The van der Waals surface area contributed by atoms with Crippen molar-refractivity contribution in [3.8, 4) is 11.6 Å². The van der Waals surface area contributed by atoms with Gasteiger partial charge in [0.25, 0.3) is 0 Å². The summed E-state index contributed by atoms with van der Waals surface area (Å²) in [6.45, 7) is 10.1. The molecular formula is C20H28N4O2. The summed E-state index contributed by atoms with van der Waals surface area (Å²) in [4.78, 5) is 13.8. The van der Waals surface area contributed by atoms with Crippen LogP contribution in [-0.2, 0) is 13.1 Å². The van der Waals surface area contributed by atoms with Crippen molar-refractivity contribution < 1.29 is 9.47 Å². The zero-order valence-electron chi connectivity index (χ0n) is 16.2. The first kappa shape index (κ1) is 18.6. The Kier molecular flexibility index (Phi) is 6.06. The summed E-state index contributed by atoms with van der Waals surface area (Å²) in [5.74, 6) is 1.62. The fourth-order valence-corrected chi connectivity index (χ4v) is 3.43. The number of ether oxygens (including phenoxy) is 2. The first-order valence-electron chi connectivity index (χ1n) is 9.03. The number of pyridine rings is 2. The molecule has 1 fully saturated rings. The fourth-order valence-electron chi connectivity index (χ4n) is 3.43.